The maximum atomic E-state index is 12.1. The molecule has 1 aromatic rings. The number of carbonyl (C=O) groups is 2. The number of carbonyl (C=O) groups excluding carboxylic acids is 2. The van der Waals surface area contributed by atoms with Crippen LogP contribution in [-0.4, -0.2) is 58.6 Å². The molecule has 1 aliphatic rings. The smallest absolute Gasteiger partial charge is 0.410 e. The van der Waals surface area contributed by atoms with Gasteiger partial charge in [0.05, 0.1) is 18.4 Å². The van der Waals surface area contributed by atoms with E-state index in [0.717, 1.165) is 13.0 Å². The number of ether oxygens (including phenoxy) is 1. The van der Waals surface area contributed by atoms with Gasteiger partial charge < -0.3 is 20.3 Å². The maximum absolute atomic E-state index is 12.1. The van der Waals surface area contributed by atoms with Crippen molar-refractivity contribution in [1.82, 2.24) is 14.9 Å². The summed E-state index contributed by atoms with van der Waals surface area (Å²) in [6.07, 6.45) is 3.37. The average Bonchev–Trinajstić information content (AvgIpc) is 2.94. The van der Waals surface area contributed by atoms with Crippen LogP contribution in [0.25, 0.3) is 0 Å². The number of rotatable bonds is 3. The van der Waals surface area contributed by atoms with Crippen LogP contribution in [0.1, 0.15) is 37.7 Å². The van der Waals surface area contributed by atoms with Crippen LogP contribution in [0, 0.1) is 0 Å². The van der Waals surface area contributed by atoms with Gasteiger partial charge in [0, 0.05) is 20.1 Å². The fraction of sp³-hybridized carbons (Fsp3) is 0.600. The van der Waals surface area contributed by atoms with Crippen LogP contribution in [0.5, 0.6) is 0 Å². The fourth-order valence-corrected chi connectivity index (χ4v) is 2.36. The minimum atomic E-state index is -0.604. The number of likely N-dealkylation sites (N-methyl/N-ethyl adjacent to an activating group) is 1. The van der Waals surface area contributed by atoms with Crippen molar-refractivity contribution >= 4 is 17.8 Å². The third-order valence-corrected chi connectivity index (χ3v) is 3.61. The summed E-state index contributed by atoms with van der Waals surface area (Å²) in [5, 5.41) is 0. The van der Waals surface area contributed by atoms with Crippen molar-refractivity contribution < 1.29 is 14.3 Å². The highest BCUT2D eigenvalue weighted by Crippen LogP contribution is 2.21. The number of hydrogen-bond acceptors (Lipinski definition) is 6. The Morgan fingerprint density at radius 1 is 1.35 bits per heavy atom. The molecule has 0 aromatic carbocycles. The molecule has 1 atom stereocenters. The molecule has 1 aromatic heterocycles. The molecule has 0 aliphatic carbocycles. The Morgan fingerprint density at radius 2 is 2.04 bits per heavy atom. The monoisotopic (exact) mass is 321 g/mol. The first-order chi connectivity index (χ1) is 10.7. The maximum Gasteiger partial charge on any atom is 0.410 e. The second-order valence-corrected chi connectivity index (χ2v) is 6.60. The Bertz CT molecular complexity index is 582. The van der Waals surface area contributed by atoms with Crippen LogP contribution in [0.4, 0.5) is 10.6 Å². The van der Waals surface area contributed by atoms with Gasteiger partial charge in [-0.3, -0.25) is 4.79 Å². The Labute approximate surface area is 135 Å². The fourth-order valence-electron chi connectivity index (χ4n) is 2.36. The standard InChI is InChI=1S/C15H23N5O3/c1-15(2,3)23-14(22)19(4)10-5-6-20(9-10)12-8-17-11(7-18-12)13(16)21/h7-8,10H,5-6,9H2,1-4H3,(H2,16,21)/t10-/m1/s1. The van der Waals surface area contributed by atoms with Crippen molar-refractivity contribution in [3.63, 3.8) is 0 Å². The zero-order chi connectivity index (χ0) is 17.2. The molecule has 0 unspecified atom stereocenters. The molecule has 2 N–H and O–H groups in total. The summed E-state index contributed by atoms with van der Waals surface area (Å²) >= 11 is 0. The minimum absolute atomic E-state index is 0.0440. The molecule has 1 aliphatic heterocycles. The van der Waals surface area contributed by atoms with Gasteiger partial charge in [0.1, 0.15) is 17.1 Å². The molecule has 1 fully saturated rings. The molecule has 0 bridgehead atoms. The van der Waals surface area contributed by atoms with Gasteiger partial charge in [-0.2, -0.15) is 0 Å². The summed E-state index contributed by atoms with van der Waals surface area (Å²) in [4.78, 5) is 35.0. The quantitative estimate of drug-likeness (QED) is 0.892. The van der Waals surface area contributed by atoms with E-state index in [9.17, 15) is 9.59 Å². The molecular formula is C15H23N5O3. The highest BCUT2D eigenvalue weighted by atomic mass is 16.6. The summed E-state index contributed by atoms with van der Waals surface area (Å²) in [7, 11) is 1.74. The van der Waals surface area contributed by atoms with E-state index in [-0.39, 0.29) is 17.8 Å². The van der Waals surface area contributed by atoms with E-state index in [4.69, 9.17) is 10.5 Å². The molecule has 2 amide bonds. The highest BCUT2D eigenvalue weighted by molar-refractivity contribution is 5.90. The number of nitrogens with zero attached hydrogens (tertiary/aromatic N) is 4. The van der Waals surface area contributed by atoms with E-state index < -0.39 is 11.5 Å². The summed E-state index contributed by atoms with van der Waals surface area (Å²) in [6, 6.07) is 0.0440. The molecule has 23 heavy (non-hydrogen) atoms. The zero-order valence-corrected chi connectivity index (χ0v) is 13.9. The van der Waals surface area contributed by atoms with E-state index in [1.165, 1.54) is 12.4 Å². The lowest BCUT2D eigenvalue weighted by Crippen LogP contribution is -2.42. The summed E-state index contributed by atoms with van der Waals surface area (Å²) in [5.41, 5.74) is 4.77. The van der Waals surface area contributed by atoms with Crippen molar-refractivity contribution in [2.45, 2.75) is 38.8 Å². The third kappa shape index (κ3) is 4.30. The number of aromatic nitrogens is 2. The van der Waals surface area contributed by atoms with Gasteiger partial charge in [0.2, 0.25) is 0 Å². The number of primary amides is 1. The Balaban J connectivity index is 1.97. The largest absolute Gasteiger partial charge is 0.444 e. The van der Waals surface area contributed by atoms with Crippen molar-refractivity contribution in [3.05, 3.63) is 18.1 Å². The zero-order valence-electron chi connectivity index (χ0n) is 13.9. The molecule has 2 rings (SSSR count). The first-order valence-corrected chi connectivity index (χ1v) is 7.50. The predicted octanol–water partition coefficient (Wildman–Crippen LogP) is 1.02. The van der Waals surface area contributed by atoms with Gasteiger partial charge in [-0.25, -0.2) is 14.8 Å². The van der Waals surface area contributed by atoms with Gasteiger partial charge in [-0.1, -0.05) is 0 Å². The molecule has 8 nitrogen and oxygen atoms in total. The molecule has 0 saturated carbocycles. The average molecular weight is 321 g/mol. The van der Waals surface area contributed by atoms with Crippen LogP contribution >= 0.6 is 0 Å². The van der Waals surface area contributed by atoms with E-state index in [2.05, 4.69) is 9.97 Å². The van der Waals surface area contributed by atoms with Crippen LogP contribution in [0.2, 0.25) is 0 Å². The van der Waals surface area contributed by atoms with E-state index >= 15 is 0 Å². The second-order valence-electron chi connectivity index (χ2n) is 6.60. The highest BCUT2D eigenvalue weighted by Gasteiger charge is 2.31. The minimum Gasteiger partial charge on any atom is -0.444 e. The van der Waals surface area contributed by atoms with E-state index in [1.54, 1.807) is 11.9 Å². The number of hydrogen-bond donors (Lipinski definition) is 1. The van der Waals surface area contributed by atoms with E-state index in [1.807, 2.05) is 25.7 Å². The summed E-state index contributed by atoms with van der Waals surface area (Å²) in [6.45, 7) is 6.92. The topological polar surface area (TPSA) is 102 Å². The lowest BCUT2D eigenvalue weighted by Gasteiger charge is -2.28. The lowest BCUT2D eigenvalue weighted by atomic mass is 10.2. The van der Waals surface area contributed by atoms with Gasteiger partial charge >= 0.3 is 6.09 Å². The number of amides is 2. The second kappa shape index (κ2) is 6.39. The predicted molar refractivity (Wildman–Crippen MR) is 85.2 cm³/mol. The lowest BCUT2D eigenvalue weighted by molar-refractivity contribution is 0.0237. The molecule has 8 heteroatoms. The van der Waals surface area contributed by atoms with Crippen molar-refractivity contribution in [2.24, 2.45) is 5.73 Å². The third-order valence-electron chi connectivity index (χ3n) is 3.61. The van der Waals surface area contributed by atoms with Crippen LogP contribution < -0.4 is 10.6 Å². The molecule has 0 spiro atoms. The Kier molecular flexibility index (Phi) is 4.72. The van der Waals surface area contributed by atoms with Crippen LogP contribution in [0.3, 0.4) is 0 Å². The SMILES string of the molecule is CN(C(=O)OC(C)(C)C)[C@@H]1CCN(c2cnc(C(N)=O)cn2)C1. The first kappa shape index (κ1) is 17.0. The van der Waals surface area contributed by atoms with Gasteiger partial charge in [0.25, 0.3) is 5.91 Å². The number of anilines is 1. The molecule has 0 radical (unpaired) electrons. The van der Waals surface area contributed by atoms with E-state index in [0.29, 0.717) is 12.4 Å². The molecular weight excluding hydrogens is 298 g/mol. The van der Waals surface area contributed by atoms with Gasteiger partial charge in [-0.05, 0) is 27.2 Å². The van der Waals surface area contributed by atoms with Crippen LogP contribution in [0.15, 0.2) is 12.4 Å². The Hall–Kier alpha value is -2.38. The molecule has 1 saturated heterocycles. The first-order valence-electron chi connectivity index (χ1n) is 7.50. The normalized spacial score (nSPS) is 17.9. The molecule has 2 heterocycles. The molecule has 126 valence electrons. The van der Waals surface area contributed by atoms with Gasteiger partial charge in [-0.15, -0.1) is 0 Å². The van der Waals surface area contributed by atoms with Crippen molar-refractivity contribution in [3.8, 4) is 0 Å². The van der Waals surface area contributed by atoms with Crippen LogP contribution in [-0.2, 0) is 4.74 Å². The summed E-state index contributed by atoms with van der Waals surface area (Å²) in [5.74, 6) is 0.0584. The number of nitrogens with two attached hydrogens (primary N) is 1. The van der Waals surface area contributed by atoms with Crippen molar-refractivity contribution in [2.75, 3.05) is 25.0 Å². The summed E-state index contributed by atoms with van der Waals surface area (Å²) < 4.78 is 5.38. The van der Waals surface area contributed by atoms with Crippen molar-refractivity contribution in [1.29, 1.82) is 0 Å². The van der Waals surface area contributed by atoms with Gasteiger partial charge in [0.15, 0.2) is 0 Å². The Morgan fingerprint density at radius 3 is 2.57 bits per heavy atom.